The quantitative estimate of drug-likeness (QED) is 0.796. The molecule has 1 heterocycles. The van der Waals surface area contributed by atoms with Crippen LogP contribution in [0.5, 0.6) is 5.75 Å². The molecule has 0 N–H and O–H groups in total. The minimum Gasteiger partial charge on any atom is -0.495 e. The van der Waals surface area contributed by atoms with E-state index < -0.39 is 10.0 Å². The third-order valence-corrected chi connectivity index (χ3v) is 5.64. The largest absolute Gasteiger partial charge is 0.495 e. The summed E-state index contributed by atoms with van der Waals surface area (Å²) in [7, 11) is -2.09. The maximum atomic E-state index is 12.5. The van der Waals surface area contributed by atoms with Gasteiger partial charge >= 0.3 is 0 Å². The summed E-state index contributed by atoms with van der Waals surface area (Å²) in [6.45, 7) is 0.713. The summed E-state index contributed by atoms with van der Waals surface area (Å²) in [5.41, 5.74) is 0. The highest BCUT2D eigenvalue weighted by atomic mass is 35.5. The Kier molecular flexibility index (Phi) is 4.67. The lowest BCUT2D eigenvalue weighted by Gasteiger charge is -2.28. The summed E-state index contributed by atoms with van der Waals surface area (Å²) in [5.74, 6) is 0.395. The van der Waals surface area contributed by atoms with E-state index in [9.17, 15) is 13.2 Å². The Bertz CT molecular complexity index is 594. The fraction of sp³-hybridized carbons (Fsp3) is 0.462. The van der Waals surface area contributed by atoms with Gasteiger partial charge in [-0.05, 0) is 31.0 Å². The minimum absolute atomic E-state index is 0.0408. The van der Waals surface area contributed by atoms with Gasteiger partial charge in [-0.15, -0.1) is 0 Å². The van der Waals surface area contributed by atoms with E-state index >= 15 is 0 Å². The fourth-order valence-electron chi connectivity index (χ4n) is 2.21. The number of methoxy groups -OCH3 is 1. The van der Waals surface area contributed by atoms with Gasteiger partial charge in [0.1, 0.15) is 12.0 Å². The Hall–Kier alpha value is -1.11. The summed E-state index contributed by atoms with van der Waals surface area (Å²) in [6.07, 6.45) is 2.02. The van der Waals surface area contributed by atoms with Crippen LogP contribution in [0.2, 0.25) is 5.02 Å². The number of halogens is 1. The van der Waals surface area contributed by atoms with Crippen molar-refractivity contribution in [3.05, 3.63) is 23.2 Å². The lowest BCUT2D eigenvalue weighted by molar-refractivity contribution is -0.112. The fourth-order valence-corrected chi connectivity index (χ4v) is 4.03. The monoisotopic (exact) mass is 317 g/mol. The maximum absolute atomic E-state index is 12.5. The van der Waals surface area contributed by atoms with Gasteiger partial charge in [0, 0.05) is 19.0 Å². The zero-order valence-electron chi connectivity index (χ0n) is 11.1. The molecule has 5 nitrogen and oxygen atoms in total. The van der Waals surface area contributed by atoms with Crippen LogP contribution >= 0.6 is 11.6 Å². The number of rotatable bonds is 4. The predicted octanol–water partition coefficient (Wildman–Crippen LogP) is 1.95. The topological polar surface area (TPSA) is 63.7 Å². The van der Waals surface area contributed by atoms with Gasteiger partial charge in [0.25, 0.3) is 0 Å². The molecule has 0 bridgehead atoms. The summed E-state index contributed by atoms with van der Waals surface area (Å²) in [6, 6.07) is 4.40. The molecule has 7 heteroatoms. The summed E-state index contributed by atoms with van der Waals surface area (Å²) in [4.78, 5) is 10.8. The molecule has 110 valence electrons. The Balaban J connectivity index is 2.22. The standard InChI is InChI=1S/C13H16ClNO4S/c1-19-13-3-2-11(8-12(13)14)20(17,18)15-6-4-10(9-16)5-7-15/h2-3,8-10H,4-7H2,1H3. The minimum atomic E-state index is -3.56. The average molecular weight is 318 g/mol. The smallest absolute Gasteiger partial charge is 0.243 e. The molecule has 20 heavy (non-hydrogen) atoms. The molecule has 0 amide bonds. The Labute approximate surface area is 123 Å². The number of piperidine rings is 1. The second-order valence-electron chi connectivity index (χ2n) is 4.67. The van der Waals surface area contributed by atoms with Crippen LogP contribution in [0.25, 0.3) is 0 Å². The van der Waals surface area contributed by atoms with Gasteiger partial charge in [-0.1, -0.05) is 11.6 Å². The zero-order valence-corrected chi connectivity index (χ0v) is 12.7. The van der Waals surface area contributed by atoms with Crippen molar-refractivity contribution in [2.75, 3.05) is 20.2 Å². The molecule has 0 spiro atoms. The first-order valence-electron chi connectivity index (χ1n) is 6.28. The molecule has 0 radical (unpaired) electrons. The van der Waals surface area contributed by atoms with Gasteiger partial charge in [0.05, 0.1) is 17.0 Å². The third-order valence-electron chi connectivity index (χ3n) is 3.45. The van der Waals surface area contributed by atoms with Crippen LogP contribution in [0, 0.1) is 5.92 Å². The van der Waals surface area contributed by atoms with Crippen molar-refractivity contribution < 1.29 is 17.9 Å². The molecule has 2 rings (SSSR count). The molecule has 1 aliphatic heterocycles. The van der Waals surface area contributed by atoms with Gasteiger partial charge in [-0.3, -0.25) is 0 Å². The van der Waals surface area contributed by atoms with E-state index in [1.54, 1.807) is 0 Å². The maximum Gasteiger partial charge on any atom is 0.243 e. The molecule has 0 aliphatic carbocycles. The van der Waals surface area contributed by atoms with Crippen molar-refractivity contribution in [2.24, 2.45) is 5.92 Å². The normalized spacial score (nSPS) is 17.9. The molecule has 1 saturated heterocycles. The van der Waals surface area contributed by atoms with Crippen LogP contribution in [0.4, 0.5) is 0 Å². The van der Waals surface area contributed by atoms with Gasteiger partial charge < -0.3 is 9.53 Å². The highest BCUT2D eigenvalue weighted by molar-refractivity contribution is 7.89. The van der Waals surface area contributed by atoms with E-state index in [4.69, 9.17) is 16.3 Å². The molecule has 1 aromatic rings. The molecule has 0 aromatic heterocycles. The lowest BCUT2D eigenvalue weighted by Crippen LogP contribution is -2.38. The molecule has 1 fully saturated rings. The summed E-state index contributed by atoms with van der Waals surface area (Å²) in [5, 5.41) is 0.261. The van der Waals surface area contributed by atoms with Crippen LogP contribution < -0.4 is 4.74 Å². The second-order valence-corrected chi connectivity index (χ2v) is 7.02. The Morgan fingerprint density at radius 3 is 2.50 bits per heavy atom. The zero-order chi connectivity index (χ0) is 14.8. The molecule has 0 unspecified atom stereocenters. The first kappa shape index (κ1) is 15.3. The third kappa shape index (κ3) is 2.97. The molecule has 0 saturated carbocycles. The van der Waals surface area contributed by atoms with E-state index in [0.29, 0.717) is 31.7 Å². The number of hydrogen-bond donors (Lipinski definition) is 0. The highest BCUT2D eigenvalue weighted by Gasteiger charge is 2.29. The van der Waals surface area contributed by atoms with Crippen molar-refractivity contribution >= 4 is 27.9 Å². The number of benzene rings is 1. The van der Waals surface area contributed by atoms with Gasteiger partial charge in [-0.2, -0.15) is 4.31 Å². The van der Waals surface area contributed by atoms with Crippen molar-refractivity contribution in [3.8, 4) is 5.75 Å². The molecular formula is C13H16ClNO4S. The molecule has 1 aliphatic rings. The number of nitrogens with zero attached hydrogens (tertiary/aromatic N) is 1. The van der Waals surface area contributed by atoms with Crippen LogP contribution in [-0.2, 0) is 14.8 Å². The first-order valence-corrected chi connectivity index (χ1v) is 8.10. The summed E-state index contributed by atoms with van der Waals surface area (Å²) >= 11 is 5.97. The van der Waals surface area contributed by atoms with Crippen molar-refractivity contribution in [2.45, 2.75) is 17.7 Å². The van der Waals surface area contributed by atoms with Gasteiger partial charge in [0.2, 0.25) is 10.0 Å². The number of carbonyl (C=O) groups is 1. The predicted molar refractivity (Wildman–Crippen MR) is 75.6 cm³/mol. The second kappa shape index (κ2) is 6.11. The van der Waals surface area contributed by atoms with Gasteiger partial charge in [-0.25, -0.2) is 8.42 Å². The number of sulfonamides is 1. The SMILES string of the molecule is COc1ccc(S(=O)(=O)N2CCC(C=O)CC2)cc1Cl. The van der Waals surface area contributed by atoms with E-state index in [0.717, 1.165) is 6.29 Å². The van der Waals surface area contributed by atoms with E-state index in [1.807, 2.05) is 0 Å². The number of ether oxygens (including phenoxy) is 1. The van der Waals surface area contributed by atoms with Crippen molar-refractivity contribution in [3.63, 3.8) is 0 Å². The van der Waals surface area contributed by atoms with E-state index in [-0.39, 0.29) is 15.8 Å². The van der Waals surface area contributed by atoms with Gasteiger partial charge in [0.15, 0.2) is 0 Å². The van der Waals surface area contributed by atoms with Crippen molar-refractivity contribution in [1.29, 1.82) is 0 Å². The number of aldehydes is 1. The lowest BCUT2D eigenvalue weighted by atomic mass is 10.0. The van der Waals surface area contributed by atoms with Crippen molar-refractivity contribution in [1.82, 2.24) is 4.31 Å². The molecule has 1 aromatic carbocycles. The first-order chi connectivity index (χ1) is 9.48. The number of carbonyl (C=O) groups excluding carboxylic acids is 1. The van der Waals surface area contributed by atoms with E-state index in [2.05, 4.69) is 0 Å². The van der Waals surface area contributed by atoms with E-state index in [1.165, 1.54) is 29.6 Å². The van der Waals surface area contributed by atoms with Crippen LogP contribution in [-0.4, -0.2) is 39.2 Å². The summed E-state index contributed by atoms with van der Waals surface area (Å²) < 4.78 is 31.3. The Morgan fingerprint density at radius 1 is 1.35 bits per heavy atom. The number of hydrogen-bond acceptors (Lipinski definition) is 4. The molecular weight excluding hydrogens is 302 g/mol. The Morgan fingerprint density at radius 2 is 2.00 bits per heavy atom. The van der Waals surface area contributed by atoms with Crippen LogP contribution in [0.15, 0.2) is 23.1 Å². The van der Waals surface area contributed by atoms with Crippen LogP contribution in [0.3, 0.4) is 0 Å². The molecule has 0 atom stereocenters. The average Bonchev–Trinajstić information content (AvgIpc) is 2.47. The van der Waals surface area contributed by atoms with Crippen LogP contribution in [0.1, 0.15) is 12.8 Å². The highest BCUT2D eigenvalue weighted by Crippen LogP contribution is 2.29.